The number of aliphatic hydroxyl groups is 1. The molecule has 1 aliphatic rings. The van der Waals surface area contributed by atoms with Crippen LogP contribution in [0.2, 0.25) is 0 Å². The quantitative estimate of drug-likeness (QED) is 0.141. The zero-order valence-corrected chi connectivity index (χ0v) is 25.9. The van der Waals surface area contributed by atoms with Crippen molar-refractivity contribution in [2.75, 3.05) is 43.3 Å². The average Bonchev–Trinajstić information content (AvgIpc) is 3.04. The van der Waals surface area contributed by atoms with Crippen molar-refractivity contribution in [2.24, 2.45) is 0 Å². The molecule has 0 bridgehead atoms. The van der Waals surface area contributed by atoms with E-state index in [1.165, 1.54) is 0 Å². The van der Waals surface area contributed by atoms with Gasteiger partial charge in [-0.05, 0) is 73.1 Å². The number of carbonyl (C=O) groups is 1. The molecular weight excluding hydrogens is 572 g/mol. The van der Waals surface area contributed by atoms with E-state index in [2.05, 4.69) is 37.0 Å². The normalized spacial score (nSPS) is 16.1. The van der Waals surface area contributed by atoms with Crippen molar-refractivity contribution in [3.8, 4) is 28.6 Å². The standard InChI is InChI=1S/C34H40N6O5/c1-22-9-11-25(24-7-5-4-6-8-24)21-28(22)37-31(42)20-23-10-16-29(30(19-23)44-3)45-34-39-32(35-17-18-43-2)38-33(40-34)36-26-12-14-27(41)15-13-26/h4-11,16,19,21,26-27,41H,12-15,17-18,20H2,1-3H3,(H,37,42)(H2,35,36,38,39,40). The minimum atomic E-state index is -0.261. The summed E-state index contributed by atoms with van der Waals surface area (Å²) in [5, 5.41) is 19.4. The smallest absolute Gasteiger partial charge is 0.328 e. The molecule has 4 aromatic rings. The summed E-state index contributed by atoms with van der Waals surface area (Å²) in [4.78, 5) is 26.5. The first kappa shape index (κ1) is 31.7. The van der Waals surface area contributed by atoms with Gasteiger partial charge in [0.25, 0.3) is 0 Å². The monoisotopic (exact) mass is 612 g/mol. The summed E-state index contributed by atoms with van der Waals surface area (Å²) in [7, 11) is 3.16. The number of aliphatic hydroxyl groups excluding tert-OH is 1. The molecule has 0 saturated heterocycles. The van der Waals surface area contributed by atoms with Crippen LogP contribution >= 0.6 is 0 Å². The van der Waals surface area contributed by atoms with Gasteiger partial charge in [0, 0.05) is 25.4 Å². The number of aryl methyl sites for hydroxylation is 1. The van der Waals surface area contributed by atoms with E-state index in [0.717, 1.165) is 53.6 Å². The largest absolute Gasteiger partial charge is 0.493 e. The van der Waals surface area contributed by atoms with Gasteiger partial charge in [-0.25, -0.2) is 0 Å². The highest BCUT2D eigenvalue weighted by Crippen LogP contribution is 2.32. The minimum Gasteiger partial charge on any atom is -0.493 e. The van der Waals surface area contributed by atoms with Crippen LogP contribution < -0.4 is 25.4 Å². The summed E-state index contributed by atoms with van der Waals surface area (Å²) in [6.45, 7) is 2.96. The third-order valence-corrected chi connectivity index (χ3v) is 7.65. The predicted octanol–water partition coefficient (Wildman–Crippen LogP) is 5.60. The lowest BCUT2D eigenvalue weighted by Crippen LogP contribution is -2.29. The summed E-state index contributed by atoms with van der Waals surface area (Å²) in [5.74, 6) is 1.41. The minimum absolute atomic E-state index is 0.0841. The number of ether oxygens (including phenoxy) is 3. The molecule has 0 spiro atoms. The molecule has 0 aliphatic heterocycles. The van der Waals surface area contributed by atoms with Gasteiger partial charge in [0.15, 0.2) is 11.5 Å². The molecule has 1 saturated carbocycles. The molecule has 1 heterocycles. The summed E-state index contributed by atoms with van der Waals surface area (Å²) in [6.07, 6.45) is 2.98. The van der Waals surface area contributed by atoms with Gasteiger partial charge in [0.2, 0.25) is 17.8 Å². The summed E-state index contributed by atoms with van der Waals surface area (Å²) in [6, 6.07) is 21.7. The number of hydrogen-bond acceptors (Lipinski definition) is 10. The Balaban J connectivity index is 1.28. The first-order valence-electron chi connectivity index (χ1n) is 15.1. The fourth-order valence-corrected chi connectivity index (χ4v) is 5.16. The molecule has 4 N–H and O–H groups in total. The van der Waals surface area contributed by atoms with E-state index in [1.54, 1.807) is 26.4 Å². The molecule has 0 atom stereocenters. The van der Waals surface area contributed by atoms with Crippen LogP contribution in [0.25, 0.3) is 11.1 Å². The van der Waals surface area contributed by atoms with E-state index in [-0.39, 0.29) is 30.5 Å². The van der Waals surface area contributed by atoms with Crippen molar-refractivity contribution >= 4 is 23.5 Å². The number of amides is 1. The van der Waals surface area contributed by atoms with Crippen LogP contribution in [0.3, 0.4) is 0 Å². The molecule has 0 unspecified atom stereocenters. The Morgan fingerprint density at radius 2 is 1.67 bits per heavy atom. The maximum absolute atomic E-state index is 13.1. The van der Waals surface area contributed by atoms with Gasteiger partial charge in [-0.3, -0.25) is 4.79 Å². The summed E-state index contributed by atoms with van der Waals surface area (Å²) < 4.78 is 16.8. The second-order valence-corrected chi connectivity index (χ2v) is 11.0. The molecule has 3 aromatic carbocycles. The van der Waals surface area contributed by atoms with E-state index in [1.807, 2.05) is 55.5 Å². The first-order chi connectivity index (χ1) is 21.9. The van der Waals surface area contributed by atoms with Crippen LogP contribution in [0.1, 0.15) is 36.8 Å². The Hall–Kier alpha value is -4.74. The van der Waals surface area contributed by atoms with E-state index >= 15 is 0 Å². The number of nitrogens with zero attached hydrogens (tertiary/aromatic N) is 3. The van der Waals surface area contributed by atoms with Crippen molar-refractivity contribution in [2.45, 2.75) is 51.2 Å². The van der Waals surface area contributed by atoms with Crippen LogP contribution in [-0.4, -0.2) is 65.5 Å². The average molecular weight is 613 g/mol. The number of methoxy groups -OCH3 is 2. The maximum atomic E-state index is 13.1. The maximum Gasteiger partial charge on any atom is 0.328 e. The van der Waals surface area contributed by atoms with E-state index in [9.17, 15) is 9.90 Å². The van der Waals surface area contributed by atoms with E-state index < -0.39 is 0 Å². The van der Waals surface area contributed by atoms with Gasteiger partial charge in [-0.2, -0.15) is 15.0 Å². The number of hydrogen-bond donors (Lipinski definition) is 4. The van der Waals surface area contributed by atoms with Gasteiger partial charge >= 0.3 is 6.01 Å². The van der Waals surface area contributed by atoms with Gasteiger partial charge in [0.1, 0.15) is 0 Å². The molecule has 1 amide bonds. The summed E-state index contributed by atoms with van der Waals surface area (Å²) >= 11 is 0. The number of nitrogens with one attached hydrogen (secondary N) is 3. The predicted molar refractivity (Wildman–Crippen MR) is 174 cm³/mol. The number of aromatic nitrogens is 3. The lowest BCUT2D eigenvalue weighted by atomic mass is 9.93. The molecule has 236 valence electrons. The molecule has 45 heavy (non-hydrogen) atoms. The summed E-state index contributed by atoms with van der Waals surface area (Å²) in [5.41, 5.74) is 4.62. The first-order valence-corrected chi connectivity index (χ1v) is 15.1. The van der Waals surface area contributed by atoms with Gasteiger partial charge in [-0.1, -0.05) is 48.5 Å². The molecule has 11 nitrogen and oxygen atoms in total. The Kier molecular flexibility index (Phi) is 10.8. The second kappa shape index (κ2) is 15.3. The SMILES string of the molecule is COCCNc1nc(NC2CCC(O)CC2)nc(Oc2ccc(CC(=O)Nc3cc(-c4ccccc4)ccc3C)cc2OC)n1. The Bertz CT molecular complexity index is 1580. The van der Waals surface area contributed by atoms with Crippen molar-refractivity contribution in [1.82, 2.24) is 15.0 Å². The van der Waals surface area contributed by atoms with E-state index in [0.29, 0.717) is 36.5 Å². The highest BCUT2D eigenvalue weighted by atomic mass is 16.5. The fourth-order valence-electron chi connectivity index (χ4n) is 5.16. The van der Waals surface area contributed by atoms with Crippen LogP contribution in [0, 0.1) is 6.92 Å². The Morgan fingerprint density at radius 1 is 0.889 bits per heavy atom. The third-order valence-electron chi connectivity index (χ3n) is 7.65. The molecular formula is C34H40N6O5. The van der Waals surface area contributed by atoms with Gasteiger partial charge in [0.05, 0.1) is 26.2 Å². The third kappa shape index (κ3) is 8.90. The van der Waals surface area contributed by atoms with Crippen molar-refractivity contribution in [1.29, 1.82) is 0 Å². The van der Waals surface area contributed by atoms with Gasteiger partial charge in [-0.15, -0.1) is 0 Å². The van der Waals surface area contributed by atoms with Crippen molar-refractivity contribution < 1.29 is 24.1 Å². The van der Waals surface area contributed by atoms with Crippen LogP contribution in [-0.2, 0) is 16.0 Å². The lowest BCUT2D eigenvalue weighted by Gasteiger charge is -2.26. The molecule has 0 radical (unpaired) electrons. The number of carbonyl (C=O) groups excluding carboxylic acids is 1. The molecule has 5 rings (SSSR count). The van der Waals surface area contributed by atoms with E-state index in [4.69, 9.17) is 14.2 Å². The Labute approximate surface area is 263 Å². The molecule has 1 aliphatic carbocycles. The second-order valence-electron chi connectivity index (χ2n) is 11.0. The Morgan fingerprint density at radius 3 is 2.42 bits per heavy atom. The highest BCUT2D eigenvalue weighted by Gasteiger charge is 2.21. The fraction of sp³-hybridized carbons (Fsp3) is 0.353. The van der Waals surface area contributed by atoms with Crippen LogP contribution in [0.4, 0.5) is 17.6 Å². The van der Waals surface area contributed by atoms with Crippen molar-refractivity contribution in [3.63, 3.8) is 0 Å². The molecule has 11 heteroatoms. The van der Waals surface area contributed by atoms with Crippen LogP contribution in [0.5, 0.6) is 17.5 Å². The van der Waals surface area contributed by atoms with Gasteiger partial charge < -0.3 is 35.3 Å². The number of anilines is 3. The van der Waals surface area contributed by atoms with Crippen molar-refractivity contribution in [3.05, 3.63) is 77.9 Å². The lowest BCUT2D eigenvalue weighted by molar-refractivity contribution is -0.115. The van der Waals surface area contributed by atoms with Crippen LogP contribution in [0.15, 0.2) is 66.7 Å². The zero-order valence-electron chi connectivity index (χ0n) is 25.9. The molecule has 1 fully saturated rings. The number of benzene rings is 3. The number of rotatable bonds is 13. The topological polar surface area (TPSA) is 140 Å². The molecule has 1 aromatic heterocycles. The highest BCUT2D eigenvalue weighted by molar-refractivity contribution is 5.93. The zero-order chi connectivity index (χ0) is 31.6.